The molecule has 0 rings (SSSR count). The molecule has 2 nitrogen and oxygen atoms in total. The lowest BCUT2D eigenvalue weighted by molar-refractivity contribution is 0.461. The minimum Gasteiger partial charge on any atom is -0.335 e. The van der Waals surface area contributed by atoms with Crippen molar-refractivity contribution in [1.29, 1.82) is 0 Å². The fourth-order valence-corrected chi connectivity index (χ4v) is 18.7. The van der Waals surface area contributed by atoms with E-state index in [9.17, 15) is 0 Å². The van der Waals surface area contributed by atoms with Gasteiger partial charge >= 0.3 is 0 Å². The van der Waals surface area contributed by atoms with Crippen molar-refractivity contribution in [3.63, 3.8) is 0 Å². The van der Waals surface area contributed by atoms with Crippen LogP contribution in [0.25, 0.3) is 0 Å². The first-order valence-electron chi connectivity index (χ1n) is 9.40. The normalized spacial score (nSPS) is 14.3. The second-order valence-corrected chi connectivity index (χ2v) is 20.7. The summed E-state index contributed by atoms with van der Waals surface area (Å²) in [5.74, 6) is 0. The molecule has 0 unspecified atom stereocenters. The molecule has 0 bridgehead atoms. The van der Waals surface area contributed by atoms with Gasteiger partial charge < -0.3 is 7.74 Å². The van der Waals surface area contributed by atoms with Gasteiger partial charge in [-0.3, -0.25) is 0 Å². The molecule has 0 N–H and O–H groups in total. The quantitative estimate of drug-likeness (QED) is 0.284. The van der Waals surface area contributed by atoms with Crippen LogP contribution >= 0.6 is 12.3 Å². The van der Waals surface area contributed by atoms with Gasteiger partial charge in [0.1, 0.15) is 12.3 Å². The Morgan fingerprint density at radius 1 is 0.435 bits per heavy atom. The smallest absolute Gasteiger partial charge is 0.221 e. The van der Waals surface area contributed by atoms with Gasteiger partial charge in [0.05, 0.1) is 0 Å². The molecule has 0 aromatic carbocycles. The molecular formula is C18H42O2SSi2. The highest BCUT2D eigenvalue weighted by Gasteiger charge is 2.49. The van der Waals surface area contributed by atoms with Crippen LogP contribution in [-0.4, -0.2) is 16.6 Å². The van der Waals surface area contributed by atoms with E-state index < -0.39 is 16.6 Å². The Kier molecular flexibility index (Phi) is 9.70. The average molecular weight is 379 g/mol. The summed E-state index contributed by atoms with van der Waals surface area (Å²) in [5, 5.41) is 0. The van der Waals surface area contributed by atoms with Gasteiger partial charge in [0, 0.05) is 0 Å². The minimum atomic E-state index is -1.87. The lowest BCUT2D eigenvalue weighted by Crippen LogP contribution is -2.49. The van der Waals surface area contributed by atoms with Crippen molar-refractivity contribution in [2.24, 2.45) is 0 Å². The first kappa shape index (κ1) is 23.7. The van der Waals surface area contributed by atoms with Crippen LogP contribution in [0.1, 0.15) is 83.1 Å². The van der Waals surface area contributed by atoms with E-state index in [2.05, 4.69) is 83.1 Å². The van der Waals surface area contributed by atoms with E-state index in [1.807, 2.05) is 0 Å². The highest BCUT2D eigenvalue weighted by molar-refractivity contribution is 7.92. The topological polar surface area (TPSA) is 18.5 Å². The molecule has 0 atom stereocenters. The molecule has 23 heavy (non-hydrogen) atoms. The van der Waals surface area contributed by atoms with Gasteiger partial charge in [-0.05, 0) is 33.2 Å². The summed E-state index contributed by atoms with van der Waals surface area (Å²) >= 11 is 1.36. The lowest BCUT2D eigenvalue weighted by Gasteiger charge is -2.44. The molecule has 0 aliphatic carbocycles. The number of hydrogen-bond acceptors (Lipinski definition) is 3. The molecule has 0 saturated carbocycles. The molecule has 140 valence electrons. The first-order valence-corrected chi connectivity index (χ1v) is 14.3. The summed E-state index contributed by atoms with van der Waals surface area (Å²) in [6.45, 7) is 27.9. The summed E-state index contributed by atoms with van der Waals surface area (Å²) < 4.78 is 13.2. The van der Waals surface area contributed by atoms with E-state index in [0.29, 0.717) is 33.2 Å². The van der Waals surface area contributed by atoms with Gasteiger partial charge in [0.2, 0.25) is 16.6 Å². The second kappa shape index (κ2) is 9.41. The number of rotatable bonds is 10. The lowest BCUT2D eigenvalue weighted by atomic mass is 10.5. The molecule has 0 aliphatic rings. The van der Waals surface area contributed by atoms with Gasteiger partial charge in [-0.25, -0.2) is 0 Å². The zero-order chi connectivity index (χ0) is 18.6. The van der Waals surface area contributed by atoms with Gasteiger partial charge in [0.15, 0.2) is 0 Å². The Bertz CT molecular complexity index is 266. The number of hydrogen-bond donors (Lipinski definition) is 0. The highest BCUT2D eigenvalue weighted by atomic mass is 32.2. The standard InChI is InChI=1S/C18H42O2SSi2/c1-13(2)22(14(3)4,15(5)6)19-21-20-23(16(7)8,17(9)10)18(11)12/h13-18H,1-12H3. The molecule has 0 saturated heterocycles. The monoisotopic (exact) mass is 378 g/mol. The summed E-state index contributed by atoms with van der Waals surface area (Å²) in [7, 11) is -3.74. The average Bonchev–Trinajstić information content (AvgIpc) is 2.35. The van der Waals surface area contributed by atoms with Crippen molar-refractivity contribution >= 4 is 29.0 Å². The fraction of sp³-hybridized carbons (Fsp3) is 1.00. The highest BCUT2D eigenvalue weighted by Crippen LogP contribution is 2.48. The van der Waals surface area contributed by atoms with Crippen LogP contribution in [0, 0.1) is 0 Å². The van der Waals surface area contributed by atoms with Gasteiger partial charge in [0.25, 0.3) is 0 Å². The van der Waals surface area contributed by atoms with E-state index >= 15 is 0 Å². The van der Waals surface area contributed by atoms with Gasteiger partial charge in [-0.1, -0.05) is 83.1 Å². The van der Waals surface area contributed by atoms with Crippen LogP contribution in [0.2, 0.25) is 33.2 Å². The van der Waals surface area contributed by atoms with Gasteiger partial charge in [-0.2, -0.15) is 0 Å². The molecule has 0 aromatic rings. The minimum absolute atomic E-state index is 0.590. The van der Waals surface area contributed by atoms with Crippen molar-refractivity contribution in [3.8, 4) is 0 Å². The molecule has 0 fully saturated rings. The molecular weight excluding hydrogens is 336 g/mol. The van der Waals surface area contributed by atoms with Crippen molar-refractivity contribution in [2.75, 3.05) is 0 Å². The molecule has 5 heteroatoms. The van der Waals surface area contributed by atoms with Crippen LogP contribution in [0.3, 0.4) is 0 Å². The van der Waals surface area contributed by atoms with E-state index in [4.69, 9.17) is 7.74 Å². The predicted octanol–water partition coefficient (Wildman–Crippen LogP) is 7.93. The third-order valence-electron chi connectivity index (χ3n) is 5.77. The summed E-state index contributed by atoms with van der Waals surface area (Å²) in [6, 6.07) is 0. The largest absolute Gasteiger partial charge is 0.335 e. The van der Waals surface area contributed by atoms with Crippen LogP contribution < -0.4 is 0 Å². The second-order valence-electron chi connectivity index (χ2n) is 8.87. The van der Waals surface area contributed by atoms with Crippen molar-refractivity contribution in [3.05, 3.63) is 0 Å². The Labute approximate surface area is 153 Å². The summed E-state index contributed by atoms with van der Waals surface area (Å²) in [4.78, 5) is 0. The van der Waals surface area contributed by atoms with Crippen LogP contribution in [0.15, 0.2) is 0 Å². The van der Waals surface area contributed by atoms with E-state index in [1.54, 1.807) is 0 Å². The third kappa shape index (κ3) is 4.87. The maximum absolute atomic E-state index is 6.59. The SMILES string of the molecule is CC(C)[Si](OSO[Si](C(C)C)(C(C)C)C(C)C)(C(C)C)C(C)C. The molecule has 0 aliphatic heterocycles. The van der Waals surface area contributed by atoms with Crippen molar-refractivity contribution in [2.45, 2.75) is 116 Å². The summed E-state index contributed by atoms with van der Waals surface area (Å²) in [6.07, 6.45) is 0. The first-order chi connectivity index (χ1) is 10.4. The molecule has 0 spiro atoms. The maximum atomic E-state index is 6.59. The van der Waals surface area contributed by atoms with E-state index in [-0.39, 0.29) is 0 Å². The molecule has 0 aromatic heterocycles. The Morgan fingerprint density at radius 3 is 0.739 bits per heavy atom. The Balaban J connectivity index is 5.33. The predicted molar refractivity (Wildman–Crippen MR) is 112 cm³/mol. The van der Waals surface area contributed by atoms with Crippen LogP contribution in [-0.2, 0) is 7.74 Å². The maximum Gasteiger partial charge on any atom is 0.221 e. The Morgan fingerprint density at radius 2 is 0.609 bits per heavy atom. The molecule has 0 amide bonds. The van der Waals surface area contributed by atoms with E-state index in [0.717, 1.165) is 0 Å². The van der Waals surface area contributed by atoms with Crippen molar-refractivity contribution < 1.29 is 7.74 Å². The third-order valence-corrected chi connectivity index (χ3v) is 19.5. The van der Waals surface area contributed by atoms with E-state index in [1.165, 1.54) is 12.3 Å². The summed E-state index contributed by atoms with van der Waals surface area (Å²) in [5.41, 5.74) is 3.54. The Hall–Kier alpha value is 0.704. The zero-order valence-electron chi connectivity index (χ0n) is 17.7. The van der Waals surface area contributed by atoms with Crippen LogP contribution in [0.4, 0.5) is 0 Å². The van der Waals surface area contributed by atoms with Crippen LogP contribution in [0.5, 0.6) is 0 Å². The van der Waals surface area contributed by atoms with Crippen molar-refractivity contribution in [1.82, 2.24) is 0 Å². The van der Waals surface area contributed by atoms with Gasteiger partial charge in [-0.15, -0.1) is 0 Å². The molecule has 0 radical (unpaired) electrons. The zero-order valence-corrected chi connectivity index (χ0v) is 20.5. The fourth-order valence-electron chi connectivity index (χ4n) is 4.71. The molecule has 0 heterocycles.